The lowest BCUT2D eigenvalue weighted by molar-refractivity contribution is -0.113. The SMILES string of the molecule is C=CCn1c(SCC(=O)Nc2nc(-c3ccccc3)cs2)nnc1[C@H]1COc2ccccc2O1. The molecule has 0 unspecified atom stereocenters. The molecule has 0 fully saturated rings. The zero-order valence-electron chi connectivity index (χ0n) is 18.1. The third kappa shape index (κ3) is 4.82. The van der Waals surface area contributed by atoms with Crippen molar-refractivity contribution in [3.63, 3.8) is 0 Å². The van der Waals surface area contributed by atoms with Gasteiger partial charge in [-0.15, -0.1) is 28.1 Å². The van der Waals surface area contributed by atoms with Crippen LogP contribution in [0.2, 0.25) is 0 Å². The summed E-state index contributed by atoms with van der Waals surface area (Å²) in [6, 6.07) is 17.4. The number of nitrogens with zero attached hydrogens (tertiary/aromatic N) is 4. The average molecular weight is 492 g/mol. The number of para-hydroxylation sites is 2. The number of hydrogen-bond acceptors (Lipinski definition) is 8. The summed E-state index contributed by atoms with van der Waals surface area (Å²) in [5.41, 5.74) is 1.84. The summed E-state index contributed by atoms with van der Waals surface area (Å²) in [6.45, 7) is 4.64. The minimum atomic E-state index is -0.405. The molecule has 2 aromatic carbocycles. The number of rotatable bonds is 8. The van der Waals surface area contributed by atoms with E-state index in [1.165, 1.54) is 23.1 Å². The molecule has 1 amide bonds. The molecule has 5 rings (SSSR count). The van der Waals surface area contributed by atoms with Gasteiger partial charge in [0.15, 0.2) is 33.7 Å². The van der Waals surface area contributed by atoms with Crippen molar-refractivity contribution in [3.8, 4) is 22.8 Å². The van der Waals surface area contributed by atoms with E-state index in [1.54, 1.807) is 6.08 Å². The Bertz CT molecular complexity index is 1300. The van der Waals surface area contributed by atoms with Gasteiger partial charge in [0.2, 0.25) is 5.91 Å². The van der Waals surface area contributed by atoms with E-state index in [0.29, 0.717) is 40.8 Å². The second-order valence-electron chi connectivity index (χ2n) is 7.35. The van der Waals surface area contributed by atoms with E-state index in [-0.39, 0.29) is 11.7 Å². The fourth-order valence-electron chi connectivity index (χ4n) is 3.45. The van der Waals surface area contributed by atoms with E-state index in [1.807, 2.05) is 64.5 Å². The lowest BCUT2D eigenvalue weighted by atomic mass is 10.2. The minimum absolute atomic E-state index is 0.167. The van der Waals surface area contributed by atoms with Gasteiger partial charge in [0, 0.05) is 17.5 Å². The Labute approximate surface area is 204 Å². The first-order chi connectivity index (χ1) is 16.7. The van der Waals surface area contributed by atoms with Crippen molar-refractivity contribution in [2.24, 2.45) is 0 Å². The molecule has 0 radical (unpaired) electrons. The molecule has 0 saturated carbocycles. The normalized spacial score (nSPS) is 14.5. The number of carbonyl (C=O) groups is 1. The summed E-state index contributed by atoms with van der Waals surface area (Å²) in [7, 11) is 0. The average Bonchev–Trinajstić information content (AvgIpc) is 3.50. The number of allylic oxidation sites excluding steroid dienone is 1. The van der Waals surface area contributed by atoms with Crippen molar-refractivity contribution < 1.29 is 14.3 Å². The van der Waals surface area contributed by atoms with Crippen LogP contribution in [-0.4, -0.2) is 38.0 Å². The predicted octanol–water partition coefficient (Wildman–Crippen LogP) is 4.83. The van der Waals surface area contributed by atoms with E-state index < -0.39 is 6.10 Å². The maximum atomic E-state index is 12.6. The highest BCUT2D eigenvalue weighted by atomic mass is 32.2. The molecule has 1 aliphatic rings. The molecular weight excluding hydrogens is 470 g/mol. The molecule has 0 aliphatic carbocycles. The standard InChI is InChI=1S/C24H21N5O3S2/c1-2-12-29-22(20-13-31-18-10-6-7-11-19(18)32-20)27-28-24(29)34-15-21(30)26-23-25-17(14-33-23)16-8-4-3-5-9-16/h2-11,14,20H,1,12-13,15H2,(H,25,26,30)/t20-/m1/s1. The summed E-state index contributed by atoms with van der Waals surface area (Å²) >= 11 is 2.69. The minimum Gasteiger partial charge on any atom is -0.485 e. The van der Waals surface area contributed by atoms with Crippen molar-refractivity contribution in [1.29, 1.82) is 0 Å². The van der Waals surface area contributed by atoms with Crippen LogP contribution in [0, 0.1) is 0 Å². The van der Waals surface area contributed by atoms with Gasteiger partial charge in [-0.05, 0) is 12.1 Å². The van der Waals surface area contributed by atoms with E-state index in [0.717, 1.165) is 11.3 Å². The zero-order chi connectivity index (χ0) is 23.3. The van der Waals surface area contributed by atoms with Crippen molar-refractivity contribution in [3.05, 3.63) is 78.5 Å². The number of fused-ring (bicyclic) bond motifs is 1. The van der Waals surface area contributed by atoms with E-state index in [2.05, 4.69) is 27.1 Å². The molecule has 0 saturated heterocycles. The zero-order valence-corrected chi connectivity index (χ0v) is 19.7. The van der Waals surface area contributed by atoms with Crippen LogP contribution in [0.5, 0.6) is 11.5 Å². The molecule has 3 heterocycles. The maximum absolute atomic E-state index is 12.6. The number of thioether (sulfide) groups is 1. The largest absolute Gasteiger partial charge is 0.485 e. The number of benzene rings is 2. The fraction of sp³-hybridized carbons (Fsp3) is 0.167. The van der Waals surface area contributed by atoms with E-state index in [4.69, 9.17) is 9.47 Å². The van der Waals surface area contributed by atoms with Gasteiger partial charge in [0.05, 0.1) is 11.4 Å². The fourth-order valence-corrected chi connectivity index (χ4v) is 4.94. The number of anilines is 1. The highest BCUT2D eigenvalue weighted by Crippen LogP contribution is 2.36. The molecule has 0 spiro atoms. The van der Waals surface area contributed by atoms with Gasteiger partial charge >= 0.3 is 0 Å². The molecule has 10 heteroatoms. The maximum Gasteiger partial charge on any atom is 0.236 e. The van der Waals surface area contributed by atoms with Crippen LogP contribution in [-0.2, 0) is 11.3 Å². The monoisotopic (exact) mass is 491 g/mol. The summed E-state index contributed by atoms with van der Waals surface area (Å²) in [4.78, 5) is 17.1. The molecule has 8 nitrogen and oxygen atoms in total. The number of carbonyl (C=O) groups excluding carboxylic acids is 1. The smallest absolute Gasteiger partial charge is 0.236 e. The second-order valence-corrected chi connectivity index (χ2v) is 9.15. The number of aromatic nitrogens is 4. The topological polar surface area (TPSA) is 91.2 Å². The Kier molecular flexibility index (Phi) is 6.59. The summed E-state index contributed by atoms with van der Waals surface area (Å²) in [6.07, 6.45) is 1.35. The Morgan fingerprint density at radius 3 is 2.79 bits per heavy atom. The van der Waals surface area contributed by atoms with Gasteiger partial charge in [-0.1, -0.05) is 60.3 Å². The molecule has 34 heavy (non-hydrogen) atoms. The molecule has 172 valence electrons. The quantitative estimate of drug-likeness (QED) is 0.279. The number of nitrogens with one attached hydrogen (secondary N) is 1. The van der Waals surface area contributed by atoms with Crippen LogP contribution in [0.1, 0.15) is 11.9 Å². The molecule has 2 aromatic heterocycles. The van der Waals surface area contributed by atoms with Gasteiger partial charge < -0.3 is 14.8 Å². The summed E-state index contributed by atoms with van der Waals surface area (Å²) in [5, 5.41) is 14.6. The highest BCUT2D eigenvalue weighted by Gasteiger charge is 2.28. The van der Waals surface area contributed by atoms with Gasteiger partial charge in [0.1, 0.15) is 6.61 Å². The molecule has 1 aliphatic heterocycles. The Morgan fingerprint density at radius 1 is 1.18 bits per heavy atom. The van der Waals surface area contributed by atoms with E-state index in [9.17, 15) is 4.79 Å². The molecule has 0 bridgehead atoms. The van der Waals surface area contributed by atoms with Crippen LogP contribution in [0.25, 0.3) is 11.3 Å². The van der Waals surface area contributed by atoms with Crippen LogP contribution < -0.4 is 14.8 Å². The highest BCUT2D eigenvalue weighted by molar-refractivity contribution is 7.99. The molecule has 4 aromatic rings. The van der Waals surface area contributed by atoms with Crippen LogP contribution in [0.3, 0.4) is 0 Å². The predicted molar refractivity (Wildman–Crippen MR) is 132 cm³/mol. The van der Waals surface area contributed by atoms with Gasteiger partial charge in [0.25, 0.3) is 0 Å². The lowest BCUT2D eigenvalue weighted by Crippen LogP contribution is -2.25. The Balaban J connectivity index is 1.24. The third-order valence-electron chi connectivity index (χ3n) is 5.01. The van der Waals surface area contributed by atoms with Crippen molar-refractivity contribution >= 4 is 34.1 Å². The van der Waals surface area contributed by atoms with Crippen molar-refractivity contribution in [2.45, 2.75) is 17.8 Å². The van der Waals surface area contributed by atoms with Crippen molar-refractivity contribution in [2.75, 3.05) is 17.7 Å². The molecule has 1 N–H and O–H groups in total. The second kappa shape index (κ2) is 10.1. The molecule has 1 atom stereocenters. The third-order valence-corrected chi connectivity index (χ3v) is 6.73. The van der Waals surface area contributed by atoms with Crippen LogP contribution in [0.15, 0.2) is 77.8 Å². The first-order valence-corrected chi connectivity index (χ1v) is 12.4. The van der Waals surface area contributed by atoms with Gasteiger partial charge in [-0.2, -0.15) is 0 Å². The Hall–Kier alpha value is -3.63. The van der Waals surface area contributed by atoms with Gasteiger partial charge in [-0.25, -0.2) is 4.98 Å². The summed E-state index contributed by atoms with van der Waals surface area (Å²) < 4.78 is 13.8. The number of thiazole rings is 1. The van der Waals surface area contributed by atoms with Gasteiger partial charge in [-0.3, -0.25) is 9.36 Å². The van der Waals surface area contributed by atoms with Crippen LogP contribution in [0.4, 0.5) is 5.13 Å². The molecular formula is C24H21N5O3S2. The number of hydrogen-bond donors (Lipinski definition) is 1. The van der Waals surface area contributed by atoms with Crippen molar-refractivity contribution in [1.82, 2.24) is 19.7 Å². The first-order valence-electron chi connectivity index (χ1n) is 10.6. The first kappa shape index (κ1) is 22.2. The number of ether oxygens (including phenoxy) is 2. The Morgan fingerprint density at radius 2 is 1.97 bits per heavy atom. The lowest BCUT2D eigenvalue weighted by Gasteiger charge is -2.26. The van der Waals surface area contributed by atoms with Crippen LogP contribution >= 0.6 is 23.1 Å². The summed E-state index contributed by atoms with van der Waals surface area (Å²) in [5.74, 6) is 2.00. The number of amides is 1. The van der Waals surface area contributed by atoms with E-state index >= 15 is 0 Å².